The summed E-state index contributed by atoms with van der Waals surface area (Å²) >= 11 is 0. The Morgan fingerprint density at radius 1 is 1.07 bits per heavy atom. The van der Waals surface area contributed by atoms with Gasteiger partial charge in [0.15, 0.2) is 0 Å². The minimum Gasteiger partial charge on any atom is -0.444 e. The fourth-order valence-corrected chi connectivity index (χ4v) is 2.01. The van der Waals surface area contributed by atoms with Crippen LogP contribution in [0, 0.1) is 0 Å². The molecule has 0 saturated heterocycles. The highest BCUT2D eigenvalue weighted by molar-refractivity contribution is 5.68. The Morgan fingerprint density at radius 3 is 2.19 bits per heavy atom. The van der Waals surface area contributed by atoms with E-state index in [-0.39, 0.29) is 17.5 Å². The number of hydrogen-bond donors (Lipinski definition) is 1. The van der Waals surface area contributed by atoms with Crippen LogP contribution in [0.1, 0.15) is 40.5 Å². The van der Waals surface area contributed by atoms with Gasteiger partial charge in [-0.2, -0.15) is 4.98 Å². The molecule has 0 aliphatic heterocycles. The number of ether oxygens (including phenoxy) is 2. The summed E-state index contributed by atoms with van der Waals surface area (Å²) in [6.07, 6.45) is -5.42. The minimum absolute atomic E-state index is 0.110. The molecule has 0 fully saturated rings. The number of benzene rings is 1. The van der Waals surface area contributed by atoms with Crippen molar-refractivity contribution in [3.05, 3.63) is 30.2 Å². The van der Waals surface area contributed by atoms with Crippen molar-refractivity contribution in [2.75, 3.05) is 0 Å². The second kappa shape index (κ2) is 7.09. The minimum atomic E-state index is -4.77. The zero-order valence-electron chi connectivity index (χ0n) is 15.5. The quantitative estimate of drug-likeness (QED) is 0.837. The number of hydrogen-bond acceptors (Lipinski definition) is 6. The van der Waals surface area contributed by atoms with Gasteiger partial charge in [0.25, 0.3) is 5.89 Å². The van der Waals surface area contributed by atoms with E-state index in [0.717, 1.165) is 12.1 Å². The molecule has 0 bridgehead atoms. The maximum Gasteiger partial charge on any atom is 0.573 e. The highest BCUT2D eigenvalue weighted by Gasteiger charge is 2.32. The van der Waals surface area contributed by atoms with E-state index in [1.165, 1.54) is 12.1 Å². The third kappa shape index (κ3) is 6.15. The maximum absolute atomic E-state index is 12.2. The van der Waals surface area contributed by atoms with E-state index in [0.29, 0.717) is 5.56 Å². The number of nitrogens with one attached hydrogen (secondary N) is 1. The average Bonchev–Trinajstić information content (AvgIpc) is 2.94. The number of carbonyl (C=O) groups excluding carboxylic acids is 1. The molecule has 0 radical (unpaired) electrons. The van der Waals surface area contributed by atoms with Gasteiger partial charge in [-0.15, -0.1) is 13.2 Å². The fraction of sp³-hybridized carbons (Fsp3) is 0.471. The molecular weight excluding hydrogens is 367 g/mol. The van der Waals surface area contributed by atoms with Crippen LogP contribution in [0.25, 0.3) is 11.4 Å². The molecule has 0 aliphatic carbocycles. The van der Waals surface area contributed by atoms with Crippen molar-refractivity contribution in [3.63, 3.8) is 0 Å². The molecular formula is C17H20F3N3O4. The normalized spacial score (nSPS) is 12.6. The van der Waals surface area contributed by atoms with Gasteiger partial charge in [-0.25, -0.2) is 4.79 Å². The summed E-state index contributed by atoms with van der Waals surface area (Å²) < 4.78 is 50.8. The SMILES string of the molecule is CC(C)(C)OC(=O)NC(C)(C)c1nc(-c2ccc(OC(F)(F)F)cc2)no1. The van der Waals surface area contributed by atoms with Crippen molar-refractivity contribution in [3.8, 4) is 17.1 Å². The predicted molar refractivity (Wildman–Crippen MR) is 88.8 cm³/mol. The van der Waals surface area contributed by atoms with E-state index in [1.54, 1.807) is 34.6 Å². The molecule has 148 valence electrons. The van der Waals surface area contributed by atoms with Gasteiger partial charge in [-0.05, 0) is 58.9 Å². The van der Waals surface area contributed by atoms with Gasteiger partial charge in [0.1, 0.15) is 16.9 Å². The predicted octanol–water partition coefficient (Wildman–Crippen LogP) is 4.40. The molecule has 1 heterocycles. The monoisotopic (exact) mass is 387 g/mol. The number of alkyl carbamates (subject to hydrolysis) is 1. The van der Waals surface area contributed by atoms with Crippen LogP contribution < -0.4 is 10.1 Å². The zero-order chi connectivity index (χ0) is 20.5. The number of amides is 1. The van der Waals surface area contributed by atoms with Gasteiger partial charge in [-0.1, -0.05) is 5.16 Å². The largest absolute Gasteiger partial charge is 0.573 e. The van der Waals surface area contributed by atoms with Gasteiger partial charge in [-0.3, -0.25) is 0 Å². The fourth-order valence-electron chi connectivity index (χ4n) is 2.01. The average molecular weight is 387 g/mol. The van der Waals surface area contributed by atoms with Crippen molar-refractivity contribution >= 4 is 6.09 Å². The third-order valence-electron chi connectivity index (χ3n) is 3.12. The molecule has 1 N–H and O–H groups in total. The summed E-state index contributed by atoms with van der Waals surface area (Å²) in [4.78, 5) is 16.1. The number of alkyl halides is 3. The van der Waals surface area contributed by atoms with Gasteiger partial charge >= 0.3 is 12.5 Å². The van der Waals surface area contributed by atoms with Crippen LogP contribution in [0.15, 0.2) is 28.8 Å². The number of nitrogens with zero attached hydrogens (tertiary/aromatic N) is 2. The summed E-state index contributed by atoms with van der Waals surface area (Å²) in [5, 5.41) is 6.42. The molecule has 7 nitrogen and oxygen atoms in total. The molecule has 10 heteroatoms. The number of carbonyl (C=O) groups is 1. The van der Waals surface area contributed by atoms with E-state index in [9.17, 15) is 18.0 Å². The Bertz CT molecular complexity index is 793. The molecule has 2 aromatic rings. The molecule has 0 unspecified atom stereocenters. The standard InChI is InChI=1S/C17H20F3N3O4/c1-15(2,3)26-14(24)22-16(4,5)13-21-12(23-27-13)10-6-8-11(9-7-10)25-17(18,19)20/h6-9H,1-5H3,(H,22,24). The van der Waals surface area contributed by atoms with Crippen LogP contribution in [0.2, 0.25) is 0 Å². The highest BCUT2D eigenvalue weighted by Crippen LogP contribution is 2.27. The number of rotatable bonds is 4. The smallest absolute Gasteiger partial charge is 0.444 e. The Labute approximate surface area is 153 Å². The van der Waals surface area contributed by atoms with Crippen molar-refractivity contribution in [2.24, 2.45) is 0 Å². The summed E-state index contributed by atoms with van der Waals surface area (Å²) in [5.41, 5.74) is -1.26. The van der Waals surface area contributed by atoms with E-state index in [2.05, 4.69) is 20.2 Å². The zero-order valence-corrected chi connectivity index (χ0v) is 15.5. The molecule has 0 atom stereocenters. The Morgan fingerprint density at radius 2 is 1.67 bits per heavy atom. The maximum atomic E-state index is 12.2. The summed E-state index contributed by atoms with van der Waals surface area (Å²) in [7, 11) is 0. The van der Waals surface area contributed by atoms with E-state index < -0.39 is 23.6 Å². The first-order valence-electron chi connectivity index (χ1n) is 7.97. The lowest BCUT2D eigenvalue weighted by Gasteiger charge is -2.25. The summed E-state index contributed by atoms with van der Waals surface area (Å²) in [6.45, 7) is 8.49. The van der Waals surface area contributed by atoms with Crippen LogP contribution in [0.5, 0.6) is 5.75 Å². The molecule has 0 aliphatic rings. The lowest BCUT2D eigenvalue weighted by molar-refractivity contribution is -0.274. The Hall–Kier alpha value is -2.78. The third-order valence-corrected chi connectivity index (χ3v) is 3.12. The summed E-state index contributed by atoms with van der Waals surface area (Å²) in [5.74, 6) is -0.0940. The lowest BCUT2D eigenvalue weighted by Crippen LogP contribution is -2.44. The molecule has 1 amide bonds. The van der Waals surface area contributed by atoms with Crippen molar-refractivity contribution in [1.29, 1.82) is 0 Å². The van der Waals surface area contributed by atoms with Crippen LogP contribution in [-0.4, -0.2) is 28.2 Å². The van der Waals surface area contributed by atoms with Gasteiger partial charge in [0.05, 0.1) is 0 Å². The molecule has 2 rings (SSSR count). The second-order valence-electron chi connectivity index (χ2n) is 7.25. The van der Waals surface area contributed by atoms with Gasteiger partial charge < -0.3 is 19.3 Å². The molecule has 1 aromatic heterocycles. The summed E-state index contributed by atoms with van der Waals surface area (Å²) in [6, 6.07) is 5.01. The molecule has 27 heavy (non-hydrogen) atoms. The first kappa shape index (κ1) is 20.5. The molecule has 0 spiro atoms. The first-order valence-corrected chi connectivity index (χ1v) is 7.97. The van der Waals surface area contributed by atoms with Gasteiger partial charge in [0, 0.05) is 5.56 Å². The topological polar surface area (TPSA) is 86.5 Å². The van der Waals surface area contributed by atoms with Crippen molar-refractivity contribution < 1.29 is 32.0 Å². The Balaban J connectivity index is 2.12. The second-order valence-corrected chi connectivity index (χ2v) is 7.25. The van der Waals surface area contributed by atoms with E-state index in [1.807, 2.05) is 0 Å². The van der Waals surface area contributed by atoms with Gasteiger partial charge in [0.2, 0.25) is 5.82 Å². The lowest BCUT2D eigenvalue weighted by atomic mass is 10.1. The van der Waals surface area contributed by atoms with Crippen molar-refractivity contribution in [2.45, 2.75) is 52.1 Å². The van der Waals surface area contributed by atoms with Crippen LogP contribution in [0.4, 0.5) is 18.0 Å². The van der Waals surface area contributed by atoms with Crippen molar-refractivity contribution in [1.82, 2.24) is 15.5 Å². The first-order chi connectivity index (χ1) is 12.3. The van der Waals surface area contributed by atoms with Crippen LogP contribution in [-0.2, 0) is 10.3 Å². The van der Waals surface area contributed by atoms with E-state index in [4.69, 9.17) is 9.26 Å². The van der Waals surface area contributed by atoms with Crippen LogP contribution in [0.3, 0.4) is 0 Å². The van der Waals surface area contributed by atoms with E-state index >= 15 is 0 Å². The highest BCUT2D eigenvalue weighted by atomic mass is 19.4. The molecule has 1 aromatic carbocycles. The molecule has 0 saturated carbocycles. The van der Waals surface area contributed by atoms with Crippen LogP contribution >= 0.6 is 0 Å². The number of aromatic nitrogens is 2. The Kier molecular flexibility index (Phi) is 5.39. The number of halogens is 3.